The lowest BCUT2D eigenvalue weighted by molar-refractivity contribution is 0.134. The van der Waals surface area contributed by atoms with Gasteiger partial charge in [-0.05, 0) is 105 Å². The second-order valence-electron chi connectivity index (χ2n) is 11.4. The number of methoxy groups -OCH3 is 2. The van der Waals surface area contributed by atoms with Crippen molar-refractivity contribution in [2.75, 3.05) is 45.9 Å². The topological polar surface area (TPSA) is 54.4 Å². The fraction of sp³-hybridized carbons (Fsp3) is 0.471. The van der Waals surface area contributed by atoms with Crippen molar-refractivity contribution in [3.63, 3.8) is 0 Å². The number of rotatable bonds is 12. The van der Waals surface area contributed by atoms with Crippen LogP contribution in [0.5, 0.6) is 23.0 Å². The summed E-state index contributed by atoms with van der Waals surface area (Å²) in [5, 5.41) is 9.94. The molecule has 0 amide bonds. The lowest BCUT2D eigenvalue weighted by Crippen LogP contribution is -2.39. The van der Waals surface area contributed by atoms with E-state index >= 15 is 4.39 Å². The molecule has 0 radical (unpaired) electrons. The highest BCUT2D eigenvalue weighted by molar-refractivity contribution is 5.64. The van der Waals surface area contributed by atoms with Gasteiger partial charge < -0.3 is 29.1 Å². The standard InChI is InChI=1S/C34H43FN2O4/c1-5-37(22-23-9-14-32(30(35)17-23)41-16-15-36(2)27-7-6-8-27)31-21-34(40-4)33(39-3)20-29(31)26-11-10-25-19-28(38)13-12-24(25)18-26/h9,12-14,17,19-21,26-27,38H,5-8,10-11,15-16,18,22H2,1-4H3/t26-/m1/s1. The normalized spacial score (nSPS) is 16.7. The Bertz CT molecular complexity index is 1340. The second-order valence-corrected chi connectivity index (χ2v) is 11.4. The Labute approximate surface area is 243 Å². The summed E-state index contributed by atoms with van der Waals surface area (Å²) in [6.07, 6.45) is 6.53. The molecule has 3 aromatic carbocycles. The van der Waals surface area contributed by atoms with Gasteiger partial charge in [-0.25, -0.2) is 4.39 Å². The molecule has 2 aliphatic carbocycles. The lowest BCUT2D eigenvalue weighted by Gasteiger charge is -2.34. The van der Waals surface area contributed by atoms with Crippen molar-refractivity contribution in [3.8, 4) is 23.0 Å². The number of phenols is 1. The van der Waals surface area contributed by atoms with Crippen LogP contribution >= 0.6 is 0 Å². The fourth-order valence-electron chi connectivity index (χ4n) is 6.15. The molecule has 0 saturated heterocycles. The molecule has 0 aliphatic heterocycles. The maximum atomic E-state index is 15.1. The zero-order chi connectivity index (χ0) is 28.9. The molecule has 1 fully saturated rings. The van der Waals surface area contributed by atoms with Crippen LogP contribution in [0.3, 0.4) is 0 Å². The van der Waals surface area contributed by atoms with Gasteiger partial charge in [-0.1, -0.05) is 18.6 Å². The Kier molecular flexibility index (Phi) is 9.23. The molecular formula is C34H43FN2O4. The zero-order valence-electron chi connectivity index (χ0n) is 24.8. The average Bonchev–Trinajstić information content (AvgIpc) is 2.95. The van der Waals surface area contributed by atoms with Gasteiger partial charge in [0.05, 0.1) is 14.2 Å². The highest BCUT2D eigenvalue weighted by atomic mass is 19.1. The van der Waals surface area contributed by atoms with E-state index < -0.39 is 0 Å². The van der Waals surface area contributed by atoms with Crippen LogP contribution < -0.4 is 19.1 Å². The minimum absolute atomic E-state index is 0.279. The summed E-state index contributed by atoms with van der Waals surface area (Å²) >= 11 is 0. The maximum absolute atomic E-state index is 15.1. The fourth-order valence-corrected chi connectivity index (χ4v) is 6.15. The van der Waals surface area contributed by atoms with Crippen molar-refractivity contribution >= 4 is 5.69 Å². The van der Waals surface area contributed by atoms with E-state index in [1.54, 1.807) is 32.4 Å². The first-order chi connectivity index (χ1) is 19.9. The van der Waals surface area contributed by atoms with Crippen LogP contribution in [-0.2, 0) is 19.4 Å². The Morgan fingerprint density at radius 2 is 1.71 bits per heavy atom. The first-order valence-electron chi connectivity index (χ1n) is 14.8. The summed E-state index contributed by atoms with van der Waals surface area (Å²) in [4.78, 5) is 4.58. The zero-order valence-corrected chi connectivity index (χ0v) is 24.8. The Balaban J connectivity index is 1.35. The molecule has 1 atom stereocenters. The first-order valence-corrected chi connectivity index (χ1v) is 14.8. The van der Waals surface area contributed by atoms with Crippen LogP contribution in [0, 0.1) is 5.82 Å². The number of halogens is 1. The van der Waals surface area contributed by atoms with Crippen molar-refractivity contribution in [1.29, 1.82) is 0 Å². The third-order valence-electron chi connectivity index (χ3n) is 8.88. The summed E-state index contributed by atoms with van der Waals surface area (Å²) in [5.41, 5.74) is 5.62. The lowest BCUT2D eigenvalue weighted by atomic mass is 9.79. The summed E-state index contributed by atoms with van der Waals surface area (Å²) in [5.74, 6) is 1.95. The Morgan fingerprint density at radius 1 is 0.927 bits per heavy atom. The number of phenolic OH excluding ortho intramolecular Hbond substituents is 1. The van der Waals surface area contributed by atoms with Gasteiger partial charge in [-0.15, -0.1) is 0 Å². The molecule has 7 heteroatoms. The predicted octanol–water partition coefficient (Wildman–Crippen LogP) is 6.71. The van der Waals surface area contributed by atoms with Gasteiger partial charge in [0.25, 0.3) is 0 Å². The molecule has 0 heterocycles. The van der Waals surface area contributed by atoms with Crippen molar-refractivity contribution in [2.45, 2.75) is 64.0 Å². The monoisotopic (exact) mass is 562 g/mol. The van der Waals surface area contributed by atoms with E-state index in [0.717, 1.165) is 43.6 Å². The molecule has 2 aliphatic rings. The van der Waals surface area contributed by atoms with Crippen LogP contribution in [0.15, 0.2) is 48.5 Å². The van der Waals surface area contributed by atoms with Gasteiger partial charge >= 0.3 is 0 Å². The van der Waals surface area contributed by atoms with E-state index in [1.807, 2.05) is 18.2 Å². The third kappa shape index (κ3) is 6.56. The number of aromatic hydroxyl groups is 1. The molecule has 6 nitrogen and oxygen atoms in total. The van der Waals surface area contributed by atoms with Crippen LogP contribution in [0.1, 0.15) is 60.8 Å². The number of hydrogen-bond donors (Lipinski definition) is 1. The smallest absolute Gasteiger partial charge is 0.165 e. The number of ether oxygens (including phenoxy) is 3. The van der Waals surface area contributed by atoms with Gasteiger partial charge in [-0.3, -0.25) is 0 Å². The summed E-state index contributed by atoms with van der Waals surface area (Å²) in [7, 11) is 5.43. The number of hydrogen-bond acceptors (Lipinski definition) is 6. The second kappa shape index (κ2) is 13.0. The van der Waals surface area contributed by atoms with Crippen molar-refractivity contribution in [1.82, 2.24) is 4.90 Å². The average molecular weight is 563 g/mol. The Hall–Kier alpha value is -3.45. The SMILES string of the molecule is CCN(Cc1ccc(OCCN(C)C2CCC2)c(F)c1)c1cc(OC)c(OC)cc1[C@@H]1CCc2cc(O)ccc2C1. The van der Waals surface area contributed by atoms with Gasteiger partial charge in [0.2, 0.25) is 0 Å². The summed E-state index contributed by atoms with van der Waals surface area (Å²) in [6, 6.07) is 15.8. The minimum atomic E-state index is -0.329. The highest BCUT2D eigenvalue weighted by Crippen LogP contribution is 2.43. The molecule has 0 aromatic heterocycles. The molecule has 0 bridgehead atoms. The minimum Gasteiger partial charge on any atom is -0.508 e. The van der Waals surface area contributed by atoms with Gasteiger partial charge in [0, 0.05) is 37.4 Å². The molecule has 1 saturated carbocycles. The third-order valence-corrected chi connectivity index (χ3v) is 8.88. The molecule has 0 spiro atoms. The quantitative estimate of drug-likeness (QED) is 0.265. The predicted molar refractivity (Wildman–Crippen MR) is 161 cm³/mol. The van der Waals surface area contributed by atoms with Crippen molar-refractivity contribution in [2.24, 2.45) is 0 Å². The summed E-state index contributed by atoms with van der Waals surface area (Å²) < 4.78 is 32.3. The van der Waals surface area contributed by atoms with E-state index in [2.05, 4.69) is 35.9 Å². The molecule has 3 aromatic rings. The van der Waals surface area contributed by atoms with Crippen molar-refractivity contribution < 1.29 is 23.7 Å². The van der Waals surface area contributed by atoms with Crippen LogP contribution in [0.2, 0.25) is 0 Å². The van der Waals surface area contributed by atoms with E-state index in [-0.39, 0.29) is 11.7 Å². The number of likely N-dealkylation sites (N-methyl/N-ethyl adjacent to an activating group) is 1. The van der Waals surface area contributed by atoms with Crippen LogP contribution in [0.4, 0.5) is 10.1 Å². The number of nitrogens with zero attached hydrogens (tertiary/aromatic N) is 2. The molecular weight excluding hydrogens is 519 g/mol. The van der Waals surface area contributed by atoms with Crippen LogP contribution in [0.25, 0.3) is 0 Å². The molecule has 5 rings (SSSR count). The van der Waals surface area contributed by atoms with E-state index in [0.29, 0.717) is 42.2 Å². The molecule has 1 N–H and O–H groups in total. The van der Waals surface area contributed by atoms with E-state index in [4.69, 9.17) is 14.2 Å². The molecule has 0 unspecified atom stereocenters. The maximum Gasteiger partial charge on any atom is 0.165 e. The van der Waals surface area contributed by atoms with Gasteiger partial charge in [0.15, 0.2) is 23.1 Å². The van der Waals surface area contributed by atoms with Crippen molar-refractivity contribution in [3.05, 3.63) is 76.6 Å². The van der Waals surface area contributed by atoms with E-state index in [9.17, 15) is 5.11 Å². The number of benzene rings is 3. The number of fused-ring (bicyclic) bond motifs is 1. The first kappa shape index (κ1) is 29.1. The van der Waals surface area contributed by atoms with Gasteiger partial charge in [0.1, 0.15) is 12.4 Å². The summed E-state index contributed by atoms with van der Waals surface area (Å²) in [6.45, 7) is 4.69. The van der Waals surface area contributed by atoms with E-state index in [1.165, 1.54) is 36.0 Å². The largest absolute Gasteiger partial charge is 0.508 e. The Morgan fingerprint density at radius 3 is 2.39 bits per heavy atom. The van der Waals surface area contributed by atoms with Crippen LogP contribution in [-0.4, -0.2) is 57.0 Å². The number of anilines is 1. The molecule has 41 heavy (non-hydrogen) atoms. The highest BCUT2D eigenvalue weighted by Gasteiger charge is 2.27. The number of aryl methyl sites for hydroxylation is 1. The molecule has 220 valence electrons. The van der Waals surface area contributed by atoms with Gasteiger partial charge in [-0.2, -0.15) is 0 Å².